The molecular formula is C19H23N5O3. The number of ether oxygens (including phenoxy) is 1. The van der Waals surface area contributed by atoms with Crippen LogP contribution in [0.5, 0.6) is 0 Å². The van der Waals surface area contributed by atoms with Crippen molar-refractivity contribution in [2.24, 2.45) is 0 Å². The molecule has 8 nitrogen and oxygen atoms in total. The first-order chi connectivity index (χ1) is 13.3. The van der Waals surface area contributed by atoms with E-state index in [0.29, 0.717) is 32.0 Å². The lowest BCUT2D eigenvalue weighted by Crippen LogP contribution is -2.39. The lowest BCUT2D eigenvalue weighted by atomic mass is 10.2. The summed E-state index contributed by atoms with van der Waals surface area (Å²) in [7, 11) is 1.66. The molecular weight excluding hydrogens is 346 g/mol. The first kappa shape index (κ1) is 17.5. The molecule has 3 aromatic rings. The van der Waals surface area contributed by atoms with E-state index in [0.717, 1.165) is 29.8 Å². The molecule has 0 saturated carbocycles. The Morgan fingerprint density at radius 3 is 3.15 bits per heavy atom. The zero-order valence-corrected chi connectivity index (χ0v) is 15.3. The van der Waals surface area contributed by atoms with Crippen LogP contribution in [-0.2, 0) is 4.74 Å². The Balaban J connectivity index is 1.55. The number of aromatic nitrogens is 3. The molecule has 3 aromatic heterocycles. The Morgan fingerprint density at radius 2 is 2.33 bits per heavy atom. The van der Waals surface area contributed by atoms with Crippen LogP contribution in [-0.4, -0.2) is 58.8 Å². The largest absolute Gasteiger partial charge is 0.461 e. The number of pyridine rings is 1. The van der Waals surface area contributed by atoms with Crippen LogP contribution >= 0.6 is 0 Å². The summed E-state index contributed by atoms with van der Waals surface area (Å²) in [6.45, 7) is 2.57. The SMILES string of the molecule is COCCCNC(=O)N1CC[C@@H](n2c(-c3ccco3)nc3cccnc32)C1. The van der Waals surface area contributed by atoms with Crippen LogP contribution in [0.15, 0.2) is 41.1 Å². The van der Waals surface area contributed by atoms with Gasteiger partial charge in [-0.1, -0.05) is 0 Å². The first-order valence-corrected chi connectivity index (χ1v) is 9.16. The Morgan fingerprint density at radius 1 is 1.41 bits per heavy atom. The maximum Gasteiger partial charge on any atom is 0.317 e. The van der Waals surface area contributed by atoms with Crippen molar-refractivity contribution in [1.29, 1.82) is 0 Å². The molecule has 27 heavy (non-hydrogen) atoms. The second-order valence-electron chi connectivity index (χ2n) is 6.60. The summed E-state index contributed by atoms with van der Waals surface area (Å²) in [6.07, 6.45) is 5.06. The Labute approximate surface area is 157 Å². The third kappa shape index (κ3) is 3.52. The van der Waals surface area contributed by atoms with Crippen LogP contribution in [0, 0.1) is 0 Å². The van der Waals surface area contributed by atoms with Crippen molar-refractivity contribution in [2.75, 3.05) is 33.4 Å². The number of carbonyl (C=O) groups excluding carboxylic acids is 1. The average molecular weight is 369 g/mol. The Bertz CT molecular complexity index is 905. The monoisotopic (exact) mass is 369 g/mol. The van der Waals surface area contributed by atoms with Gasteiger partial charge in [0.1, 0.15) is 5.52 Å². The number of rotatable bonds is 6. The van der Waals surface area contributed by atoms with E-state index >= 15 is 0 Å². The summed E-state index contributed by atoms with van der Waals surface area (Å²) < 4.78 is 12.7. The number of carbonyl (C=O) groups is 1. The molecule has 8 heteroatoms. The number of likely N-dealkylation sites (tertiary alicyclic amines) is 1. The number of imidazole rings is 1. The summed E-state index contributed by atoms with van der Waals surface area (Å²) in [6, 6.07) is 7.63. The fourth-order valence-electron chi connectivity index (χ4n) is 3.52. The second-order valence-corrected chi connectivity index (χ2v) is 6.60. The van der Waals surface area contributed by atoms with Gasteiger partial charge >= 0.3 is 6.03 Å². The topological polar surface area (TPSA) is 85.4 Å². The molecule has 0 aromatic carbocycles. The highest BCUT2D eigenvalue weighted by Gasteiger charge is 2.31. The normalized spacial score (nSPS) is 16.9. The number of amides is 2. The van der Waals surface area contributed by atoms with Gasteiger partial charge in [0.2, 0.25) is 0 Å². The van der Waals surface area contributed by atoms with Gasteiger partial charge in [-0.15, -0.1) is 0 Å². The van der Waals surface area contributed by atoms with Crippen molar-refractivity contribution in [2.45, 2.75) is 18.9 Å². The minimum absolute atomic E-state index is 0.0365. The molecule has 4 rings (SSSR count). The standard InChI is InChI=1S/C19H23N5O3/c1-26-11-4-9-21-19(25)23-10-7-14(13-23)24-17-15(5-2-8-20-17)22-18(24)16-6-3-12-27-16/h2-3,5-6,8,12,14H,4,7,9-11,13H2,1H3,(H,21,25)/t14-/m1/s1. The van der Waals surface area contributed by atoms with Crippen LogP contribution in [0.2, 0.25) is 0 Å². The van der Waals surface area contributed by atoms with E-state index in [9.17, 15) is 4.79 Å². The van der Waals surface area contributed by atoms with E-state index in [-0.39, 0.29) is 12.1 Å². The van der Waals surface area contributed by atoms with Gasteiger partial charge in [-0.05, 0) is 37.1 Å². The maximum absolute atomic E-state index is 12.4. The zero-order valence-electron chi connectivity index (χ0n) is 15.3. The number of fused-ring (bicyclic) bond motifs is 1. The van der Waals surface area contributed by atoms with Gasteiger partial charge in [-0.3, -0.25) is 0 Å². The zero-order chi connectivity index (χ0) is 18.6. The molecule has 4 heterocycles. The molecule has 2 amide bonds. The highest BCUT2D eigenvalue weighted by Crippen LogP contribution is 2.32. The van der Waals surface area contributed by atoms with Crippen LogP contribution in [0.25, 0.3) is 22.7 Å². The predicted octanol–water partition coefficient (Wildman–Crippen LogP) is 2.68. The van der Waals surface area contributed by atoms with Gasteiger partial charge in [0, 0.05) is 39.5 Å². The third-order valence-electron chi connectivity index (χ3n) is 4.81. The van der Waals surface area contributed by atoms with E-state index in [4.69, 9.17) is 14.1 Å². The van der Waals surface area contributed by atoms with Crippen LogP contribution < -0.4 is 5.32 Å². The molecule has 142 valence electrons. The number of methoxy groups -OCH3 is 1. The van der Waals surface area contributed by atoms with Gasteiger partial charge < -0.3 is 23.9 Å². The summed E-state index contributed by atoms with van der Waals surface area (Å²) in [5.74, 6) is 1.46. The molecule has 0 bridgehead atoms. The molecule has 1 N–H and O–H groups in total. The van der Waals surface area contributed by atoms with Crippen molar-refractivity contribution in [3.8, 4) is 11.6 Å². The molecule has 1 aliphatic heterocycles. The van der Waals surface area contributed by atoms with Gasteiger partial charge in [0.25, 0.3) is 0 Å². The van der Waals surface area contributed by atoms with Crippen LogP contribution in [0.1, 0.15) is 18.9 Å². The Kier molecular flexibility index (Phi) is 5.06. The van der Waals surface area contributed by atoms with Crippen molar-refractivity contribution >= 4 is 17.2 Å². The van der Waals surface area contributed by atoms with E-state index in [1.165, 1.54) is 0 Å². The Hall–Kier alpha value is -2.87. The number of nitrogens with zero attached hydrogens (tertiary/aromatic N) is 4. The molecule has 0 aliphatic carbocycles. The average Bonchev–Trinajstić information content (AvgIpc) is 3.43. The van der Waals surface area contributed by atoms with Gasteiger partial charge in [-0.25, -0.2) is 14.8 Å². The first-order valence-electron chi connectivity index (χ1n) is 9.16. The van der Waals surface area contributed by atoms with Crippen molar-refractivity contribution in [3.05, 3.63) is 36.7 Å². The van der Waals surface area contributed by atoms with Gasteiger partial charge in [0.05, 0.1) is 12.3 Å². The minimum Gasteiger partial charge on any atom is -0.461 e. The summed E-state index contributed by atoms with van der Waals surface area (Å²) in [5.41, 5.74) is 1.64. The fraction of sp³-hybridized carbons (Fsp3) is 0.421. The lowest BCUT2D eigenvalue weighted by molar-refractivity contribution is 0.188. The maximum atomic E-state index is 12.4. The second kappa shape index (κ2) is 7.79. The van der Waals surface area contributed by atoms with Gasteiger partial charge in [0.15, 0.2) is 17.2 Å². The number of furan rings is 1. The third-order valence-corrected chi connectivity index (χ3v) is 4.81. The molecule has 1 atom stereocenters. The molecule has 0 radical (unpaired) electrons. The minimum atomic E-state index is -0.0365. The molecule has 1 saturated heterocycles. The number of hydrogen-bond donors (Lipinski definition) is 1. The fourth-order valence-corrected chi connectivity index (χ4v) is 3.52. The van der Waals surface area contributed by atoms with E-state index in [2.05, 4.69) is 14.9 Å². The number of hydrogen-bond acceptors (Lipinski definition) is 5. The van der Waals surface area contributed by atoms with E-state index < -0.39 is 0 Å². The van der Waals surface area contributed by atoms with Crippen LogP contribution in [0.4, 0.5) is 4.79 Å². The number of nitrogens with one attached hydrogen (secondary N) is 1. The predicted molar refractivity (Wildman–Crippen MR) is 100 cm³/mol. The highest BCUT2D eigenvalue weighted by atomic mass is 16.5. The lowest BCUT2D eigenvalue weighted by Gasteiger charge is -2.19. The molecule has 1 aliphatic rings. The van der Waals surface area contributed by atoms with Gasteiger partial charge in [-0.2, -0.15) is 0 Å². The summed E-state index contributed by atoms with van der Waals surface area (Å²) >= 11 is 0. The van der Waals surface area contributed by atoms with Crippen molar-refractivity contribution < 1.29 is 13.9 Å². The van der Waals surface area contributed by atoms with Crippen molar-refractivity contribution in [1.82, 2.24) is 24.8 Å². The summed E-state index contributed by atoms with van der Waals surface area (Å²) in [4.78, 5) is 23.5. The van der Waals surface area contributed by atoms with E-state index in [1.807, 2.05) is 29.2 Å². The molecule has 1 fully saturated rings. The number of urea groups is 1. The van der Waals surface area contributed by atoms with Crippen LogP contribution in [0.3, 0.4) is 0 Å². The summed E-state index contributed by atoms with van der Waals surface area (Å²) in [5, 5.41) is 2.95. The van der Waals surface area contributed by atoms with E-state index in [1.54, 1.807) is 19.6 Å². The highest BCUT2D eigenvalue weighted by molar-refractivity contribution is 5.77. The van der Waals surface area contributed by atoms with Crippen molar-refractivity contribution in [3.63, 3.8) is 0 Å². The quantitative estimate of drug-likeness (QED) is 0.675. The molecule has 0 spiro atoms. The smallest absolute Gasteiger partial charge is 0.317 e. The molecule has 0 unspecified atom stereocenters.